The number of aryl methyl sites for hydroxylation is 1. The molecule has 3 aromatic rings. The van der Waals surface area contributed by atoms with Gasteiger partial charge in [-0.05, 0) is 49.6 Å². The van der Waals surface area contributed by atoms with Crippen molar-refractivity contribution in [2.75, 3.05) is 11.6 Å². The third kappa shape index (κ3) is 6.22. The molecule has 0 spiro atoms. The second kappa shape index (κ2) is 9.99. The number of anilines is 1. The van der Waals surface area contributed by atoms with Gasteiger partial charge in [-0.2, -0.15) is 23.5 Å². The predicted octanol–water partition coefficient (Wildman–Crippen LogP) is 3.22. The lowest BCUT2D eigenvalue weighted by atomic mass is 10.0. The maximum absolute atomic E-state index is 13.5. The Morgan fingerprint density at radius 1 is 1.28 bits per heavy atom. The SMILES string of the molecule is Cc1cc(C#N)cc(C(=O)NC2(C=S(C)(N)=O)CC2)c1NC(=O)c1cc(C(F)(F)F)nn1-c1ncccc1Cl. The van der Waals surface area contributed by atoms with E-state index >= 15 is 0 Å². The Bertz CT molecular complexity index is 1660. The minimum absolute atomic E-state index is 0.0503. The molecule has 0 aliphatic heterocycles. The lowest BCUT2D eigenvalue weighted by molar-refractivity contribution is -0.141. The second-order valence-electron chi connectivity index (χ2n) is 9.11. The van der Waals surface area contributed by atoms with Crippen LogP contribution in [-0.2, 0) is 15.9 Å². The van der Waals surface area contributed by atoms with Crippen LogP contribution in [0.1, 0.15) is 50.5 Å². The van der Waals surface area contributed by atoms with Gasteiger partial charge in [0.2, 0.25) is 0 Å². The fourth-order valence-corrected chi connectivity index (χ4v) is 5.29. The molecule has 1 aliphatic rings. The summed E-state index contributed by atoms with van der Waals surface area (Å²) >= 11 is 6.11. The molecule has 10 nitrogen and oxygen atoms in total. The van der Waals surface area contributed by atoms with Gasteiger partial charge >= 0.3 is 6.18 Å². The Balaban J connectivity index is 1.77. The van der Waals surface area contributed by atoms with Crippen molar-refractivity contribution in [1.29, 1.82) is 5.26 Å². The summed E-state index contributed by atoms with van der Waals surface area (Å²) in [7, 11) is -2.81. The first-order valence-electron chi connectivity index (χ1n) is 11.2. The smallest absolute Gasteiger partial charge is 0.342 e. The fourth-order valence-electron chi connectivity index (χ4n) is 3.90. The van der Waals surface area contributed by atoms with Crippen molar-refractivity contribution in [2.45, 2.75) is 31.5 Å². The average molecular weight is 580 g/mol. The zero-order valence-corrected chi connectivity index (χ0v) is 22.0. The van der Waals surface area contributed by atoms with Crippen LogP contribution in [0.25, 0.3) is 5.82 Å². The van der Waals surface area contributed by atoms with Gasteiger partial charge in [-0.1, -0.05) is 11.6 Å². The number of benzene rings is 1. The number of nitrogens with zero attached hydrogens (tertiary/aromatic N) is 4. The molecular weight excluding hydrogens is 559 g/mol. The van der Waals surface area contributed by atoms with Crippen molar-refractivity contribution < 1.29 is 27.0 Å². The summed E-state index contributed by atoms with van der Waals surface area (Å²) in [6.45, 7) is 1.51. The van der Waals surface area contributed by atoms with Crippen LogP contribution in [0.5, 0.6) is 0 Å². The standard InChI is InChI=1S/C24H21ClF3N7O3S/c1-13-8-14(11-29)9-15(21(36)33-23(5-6-23)12-39(2,30)38)19(13)32-22(37)17-10-18(24(26,27)28)34-35(17)20-16(25)4-3-7-31-20/h3-4,7-10,12H,5-6H2,1-2H3,(H2,30,38)(H,32,37)(H,33,36). The molecule has 1 aromatic carbocycles. The lowest BCUT2D eigenvalue weighted by Crippen LogP contribution is -2.41. The third-order valence-electron chi connectivity index (χ3n) is 5.73. The number of carbonyl (C=O) groups excluding carboxylic acids is 2. The maximum Gasteiger partial charge on any atom is 0.435 e. The molecule has 4 rings (SSSR count). The van der Waals surface area contributed by atoms with E-state index in [1.807, 2.05) is 6.07 Å². The normalized spacial score (nSPS) is 15.5. The molecule has 0 radical (unpaired) electrons. The van der Waals surface area contributed by atoms with E-state index in [1.165, 1.54) is 49.0 Å². The summed E-state index contributed by atoms with van der Waals surface area (Å²) in [6.07, 6.45) is -1.34. The Kier molecular flexibility index (Phi) is 7.20. The van der Waals surface area contributed by atoms with Gasteiger partial charge in [-0.3, -0.25) is 18.9 Å². The molecule has 4 N–H and O–H groups in total. The number of aromatic nitrogens is 3. The van der Waals surface area contributed by atoms with Crippen LogP contribution >= 0.6 is 11.6 Å². The van der Waals surface area contributed by atoms with Crippen molar-refractivity contribution >= 4 is 44.2 Å². The molecule has 2 amide bonds. The number of nitriles is 1. The van der Waals surface area contributed by atoms with E-state index in [4.69, 9.17) is 16.7 Å². The van der Waals surface area contributed by atoms with E-state index in [-0.39, 0.29) is 33.2 Å². The van der Waals surface area contributed by atoms with Gasteiger partial charge in [0.1, 0.15) is 5.69 Å². The fraction of sp³-hybridized carbons (Fsp3) is 0.250. The largest absolute Gasteiger partial charge is 0.435 e. The van der Waals surface area contributed by atoms with Crippen LogP contribution in [0.2, 0.25) is 5.02 Å². The van der Waals surface area contributed by atoms with Crippen molar-refractivity contribution in [3.63, 3.8) is 0 Å². The van der Waals surface area contributed by atoms with E-state index < -0.39 is 44.6 Å². The number of halogens is 4. The van der Waals surface area contributed by atoms with Gasteiger partial charge in [0.15, 0.2) is 11.5 Å². The minimum atomic E-state index is -4.88. The molecule has 1 saturated carbocycles. The Hall–Kier alpha value is -3.93. The molecule has 204 valence electrons. The van der Waals surface area contributed by atoms with Gasteiger partial charge in [0.05, 0.1) is 33.4 Å². The Morgan fingerprint density at radius 3 is 2.54 bits per heavy atom. The Morgan fingerprint density at radius 2 is 1.97 bits per heavy atom. The van der Waals surface area contributed by atoms with E-state index in [2.05, 4.69) is 20.7 Å². The molecule has 2 aromatic heterocycles. The van der Waals surface area contributed by atoms with Crippen LogP contribution in [0, 0.1) is 18.3 Å². The monoisotopic (exact) mass is 579 g/mol. The molecule has 39 heavy (non-hydrogen) atoms. The molecule has 1 fully saturated rings. The first kappa shape index (κ1) is 28.1. The predicted molar refractivity (Wildman–Crippen MR) is 139 cm³/mol. The van der Waals surface area contributed by atoms with E-state index in [1.54, 1.807) is 0 Å². The van der Waals surface area contributed by atoms with Gasteiger partial charge in [-0.25, -0.2) is 9.67 Å². The summed E-state index contributed by atoms with van der Waals surface area (Å²) < 4.78 is 53.3. The summed E-state index contributed by atoms with van der Waals surface area (Å²) in [5, 5.41) is 25.0. The number of pyridine rings is 1. The summed E-state index contributed by atoms with van der Waals surface area (Å²) in [5.74, 6) is -1.97. The number of carbonyl (C=O) groups is 2. The second-order valence-corrected chi connectivity index (χ2v) is 11.7. The highest BCUT2D eigenvalue weighted by Crippen LogP contribution is 2.35. The molecule has 1 atom stereocenters. The molecule has 2 heterocycles. The van der Waals surface area contributed by atoms with Crippen LogP contribution in [-0.4, -0.2) is 47.9 Å². The summed E-state index contributed by atoms with van der Waals surface area (Å²) in [4.78, 5) is 30.6. The van der Waals surface area contributed by atoms with Crippen LogP contribution in [0.3, 0.4) is 0 Å². The zero-order chi connectivity index (χ0) is 28.8. The molecule has 1 aliphatic carbocycles. The van der Waals surface area contributed by atoms with Crippen molar-refractivity contribution in [2.24, 2.45) is 5.14 Å². The zero-order valence-electron chi connectivity index (χ0n) is 20.5. The van der Waals surface area contributed by atoms with E-state index in [9.17, 15) is 32.2 Å². The summed E-state index contributed by atoms with van der Waals surface area (Å²) in [5.41, 5.74) is -2.63. The first-order chi connectivity index (χ1) is 18.1. The number of nitrogens with two attached hydrogens (primary N) is 1. The van der Waals surface area contributed by atoms with Crippen LogP contribution in [0.15, 0.2) is 36.5 Å². The number of hydrogen-bond acceptors (Lipinski definition) is 6. The van der Waals surface area contributed by atoms with E-state index in [0.29, 0.717) is 23.6 Å². The highest BCUT2D eigenvalue weighted by Gasteiger charge is 2.44. The van der Waals surface area contributed by atoms with Gasteiger partial charge in [0, 0.05) is 33.6 Å². The molecular formula is C24H21ClF3N7O3S. The highest BCUT2D eigenvalue weighted by atomic mass is 35.5. The topological polar surface area (TPSA) is 156 Å². The first-order valence-corrected chi connectivity index (χ1v) is 13.7. The third-order valence-corrected chi connectivity index (χ3v) is 6.94. The Labute approximate surface area is 226 Å². The number of rotatable bonds is 6. The molecule has 15 heteroatoms. The van der Waals surface area contributed by atoms with Crippen molar-refractivity contribution in [3.05, 3.63) is 69.6 Å². The number of alkyl halides is 3. The number of hydrogen-bond donors (Lipinski definition) is 3. The maximum atomic E-state index is 13.5. The number of amides is 2. The van der Waals surface area contributed by atoms with Crippen LogP contribution in [0.4, 0.5) is 18.9 Å². The molecule has 0 bridgehead atoms. The van der Waals surface area contributed by atoms with Gasteiger partial charge in [-0.15, -0.1) is 0 Å². The minimum Gasteiger partial charge on any atom is -0.342 e. The summed E-state index contributed by atoms with van der Waals surface area (Å²) in [6, 6.07) is 7.91. The quantitative estimate of drug-likeness (QED) is 0.381. The molecule has 0 saturated heterocycles. The number of nitrogens with one attached hydrogen (secondary N) is 2. The van der Waals surface area contributed by atoms with Crippen LogP contribution < -0.4 is 15.8 Å². The molecule has 1 unspecified atom stereocenters. The highest BCUT2D eigenvalue weighted by molar-refractivity contribution is 7.98. The van der Waals surface area contributed by atoms with E-state index in [0.717, 1.165) is 0 Å². The van der Waals surface area contributed by atoms with Crippen molar-refractivity contribution in [1.82, 2.24) is 20.1 Å². The van der Waals surface area contributed by atoms with Crippen molar-refractivity contribution in [3.8, 4) is 11.9 Å². The van der Waals surface area contributed by atoms with Gasteiger partial charge in [0.25, 0.3) is 11.8 Å². The lowest BCUT2D eigenvalue weighted by Gasteiger charge is -2.18. The average Bonchev–Trinajstić information content (AvgIpc) is 3.39. The van der Waals surface area contributed by atoms with Gasteiger partial charge < -0.3 is 10.6 Å².